The van der Waals surface area contributed by atoms with Gasteiger partial charge in [0.15, 0.2) is 0 Å². The van der Waals surface area contributed by atoms with Crippen molar-refractivity contribution in [3.63, 3.8) is 0 Å². The van der Waals surface area contributed by atoms with Crippen molar-refractivity contribution in [1.82, 2.24) is 0 Å². The Morgan fingerprint density at radius 1 is 1.20 bits per heavy atom. The monoisotopic (exact) mass is 437 g/mol. The highest BCUT2D eigenvalue weighted by Gasteiger charge is 2.32. The van der Waals surface area contributed by atoms with Crippen LogP contribution >= 0.6 is 0 Å². The lowest BCUT2D eigenvalue weighted by atomic mass is 10.1. The number of hydrogen-bond donors (Lipinski definition) is 1. The average Bonchev–Trinajstić information content (AvgIpc) is 2.70. The van der Waals surface area contributed by atoms with Crippen LogP contribution < -0.4 is 19.1 Å². The molecule has 0 radical (unpaired) electrons. The maximum Gasteiger partial charge on any atom is 0.271 e. The third kappa shape index (κ3) is 5.17. The summed E-state index contributed by atoms with van der Waals surface area (Å²) in [6.07, 6.45) is 1.14. The summed E-state index contributed by atoms with van der Waals surface area (Å²) >= 11 is 0. The van der Waals surface area contributed by atoms with Gasteiger partial charge in [0.1, 0.15) is 17.5 Å². The van der Waals surface area contributed by atoms with Crippen LogP contribution in [0.3, 0.4) is 0 Å². The number of nitrogens with zero attached hydrogens (tertiary/aromatic N) is 2. The van der Waals surface area contributed by atoms with Gasteiger partial charge in [-0.25, -0.2) is 8.42 Å². The summed E-state index contributed by atoms with van der Waals surface area (Å²) in [5.74, 6) is -0.0302. The van der Waals surface area contributed by atoms with Gasteiger partial charge in [-0.15, -0.1) is 0 Å². The molecule has 0 heterocycles. The van der Waals surface area contributed by atoms with Crippen molar-refractivity contribution in [1.29, 1.82) is 0 Å². The molecule has 10 nitrogen and oxygen atoms in total. The second-order valence-electron chi connectivity index (χ2n) is 6.32. The van der Waals surface area contributed by atoms with Crippen molar-refractivity contribution in [2.75, 3.05) is 30.1 Å². The van der Waals surface area contributed by atoms with E-state index in [0.29, 0.717) is 5.75 Å². The highest BCUT2D eigenvalue weighted by atomic mass is 32.2. The number of non-ortho nitro benzene ring substituents is 1. The molecule has 2 rings (SSSR count). The first-order valence-corrected chi connectivity index (χ1v) is 10.7. The zero-order chi connectivity index (χ0) is 22.5. The van der Waals surface area contributed by atoms with Crippen LogP contribution in [0.4, 0.5) is 17.1 Å². The van der Waals surface area contributed by atoms with Gasteiger partial charge in [0.25, 0.3) is 5.69 Å². The van der Waals surface area contributed by atoms with E-state index < -0.39 is 26.9 Å². The molecule has 0 saturated carbocycles. The number of sulfonamides is 1. The van der Waals surface area contributed by atoms with E-state index in [9.17, 15) is 23.3 Å². The number of nitrogens with one attached hydrogen (secondary N) is 1. The summed E-state index contributed by atoms with van der Waals surface area (Å²) in [6, 6.07) is 8.95. The number of nitro groups is 1. The van der Waals surface area contributed by atoms with Crippen LogP contribution in [0.1, 0.15) is 13.3 Å². The number of benzene rings is 2. The molecule has 162 valence electrons. The Hall–Kier alpha value is -3.34. The Balaban J connectivity index is 2.46. The minimum atomic E-state index is -3.85. The van der Waals surface area contributed by atoms with E-state index in [1.807, 2.05) is 0 Å². The van der Waals surface area contributed by atoms with E-state index >= 15 is 0 Å². The molecule has 1 unspecified atom stereocenters. The van der Waals surface area contributed by atoms with E-state index in [1.54, 1.807) is 25.1 Å². The average molecular weight is 437 g/mol. The van der Waals surface area contributed by atoms with Gasteiger partial charge in [-0.1, -0.05) is 13.0 Å². The molecule has 2 aromatic carbocycles. The number of carbonyl (C=O) groups is 1. The van der Waals surface area contributed by atoms with Crippen LogP contribution in [-0.4, -0.2) is 45.8 Å². The Kier molecular flexibility index (Phi) is 7.22. The van der Waals surface area contributed by atoms with Crippen LogP contribution in [-0.2, 0) is 14.8 Å². The third-order valence-corrected chi connectivity index (χ3v) is 5.47. The number of carbonyl (C=O) groups excluding carboxylic acids is 1. The molecule has 0 spiro atoms. The van der Waals surface area contributed by atoms with E-state index in [1.165, 1.54) is 32.4 Å². The predicted octanol–water partition coefficient (Wildman–Crippen LogP) is 2.80. The molecule has 11 heteroatoms. The highest BCUT2D eigenvalue weighted by Crippen LogP contribution is 2.31. The number of hydrogen-bond acceptors (Lipinski definition) is 7. The van der Waals surface area contributed by atoms with Gasteiger partial charge in [0.05, 0.1) is 36.8 Å². The molecule has 1 atom stereocenters. The molecule has 0 aromatic heterocycles. The van der Waals surface area contributed by atoms with E-state index in [2.05, 4.69) is 5.32 Å². The van der Waals surface area contributed by atoms with Crippen molar-refractivity contribution in [2.45, 2.75) is 19.4 Å². The van der Waals surface area contributed by atoms with E-state index in [0.717, 1.165) is 16.6 Å². The lowest BCUT2D eigenvalue weighted by Crippen LogP contribution is -2.47. The van der Waals surface area contributed by atoms with Crippen LogP contribution in [0.2, 0.25) is 0 Å². The molecule has 2 aromatic rings. The third-order valence-electron chi connectivity index (χ3n) is 4.29. The first-order chi connectivity index (χ1) is 14.1. The fraction of sp³-hybridized carbons (Fsp3) is 0.316. The molecule has 0 aliphatic heterocycles. The molecule has 0 aliphatic rings. The first-order valence-electron chi connectivity index (χ1n) is 8.89. The largest absolute Gasteiger partial charge is 0.497 e. The van der Waals surface area contributed by atoms with E-state index in [4.69, 9.17) is 9.47 Å². The van der Waals surface area contributed by atoms with Crippen molar-refractivity contribution in [3.8, 4) is 11.5 Å². The zero-order valence-corrected chi connectivity index (χ0v) is 17.8. The minimum Gasteiger partial charge on any atom is -0.497 e. The normalized spacial score (nSPS) is 12.0. The van der Waals surface area contributed by atoms with E-state index in [-0.39, 0.29) is 29.2 Å². The Labute approximate surface area is 174 Å². The summed E-state index contributed by atoms with van der Waals surface area (Å²) in [7, 11) is -1.05. The van der Waals surface area contributed by atoms with Gasteiger partial charge < -0.3 is 14.8 Å². The number of ether oxygens (including phenoxy) is 2. The number of methoxy groups -OCH3 is 2. The fourth-order valence-corrected chi connectivity index (χ4v) is 4.13. The number of nitro benzene ring substituents is 1. The molecule has 30 heavy (non-hydrogen) atoms. The summed E-state index contributed by atoms with van der Waals surface area (Å²) in [4.78, 5) is 23.5. The van der Waals surface area contributed by atoms with Crippen LogP contribution in [0.15, 0.2) is 42.5 Å². The lowest BCUT2D eigenvalue weighted by molar-refractivity contribution is -0.384. The summed E-state index contributed by atoms with van der Waals surface area (Å²) < 4.78 is 36.4. The number of rotatable bonds is 9. The maximum atomic E-state index is 13.0. The molecule has 0 fully saturated rings. The van der Waals surface area contributed by atoms with Crippen molar-refractivity contribution in [2.24, 2.45) is 0 Å². The summed E-state index contributed by atoms with van der Waals surface area (Å²) in [6.45, 7) is 1.66. The van der Waals surface area contributed by atoms with Crippen molar-refractivity contribution >= 4 is 33.0 Å². The minimum absolute atomic E-state index is 0.0641. The lowest BCUT2D eigenvalue weighted by Gasteiger charge is -2.30. The SMILES string of the molecule is CCC(C(=O)Nc1cc([N+](=O)[O-])ccc1OC)N(c1cccc(OC)c1)S(C)(=O)=O. The van der Waals surface area contributed by atoms with Crippen LogP contribution in [0.25, 0.3) is 0 Å². The maximum absolute atomic E-state index is 13.0. The Morgan fingerprint density at radius 3 is 2.43 bits per heavy atom. The van der Waals surface area contributed by atoms with Crippen LogP contribution in [0, 0.1) is 10.1 Å². The van der Waals surface area contributed by atoms with Gasteiger partial charge in [-0.3, -0.25) is 19.2 Å². The highest BCUT2D eigenvalue weighted by molar-refractivity contribution is 7.92. The molecule has 0 aliphatic carbocycles. The molecule has 1 N–H and O–H groups in total. The predicted molar refractivity (Wildman–Crippen MR) is 113 cm³/mol. The molecular weight excluding hydrogens is 414 g/mol. The second-order valence-corrected chi connectivity index (χ2v) is 8.17. The number of anilines is 2. The quantitative estimate of drug-likeness (QED) is 0.472. The van der Waals surface area contributed by atoms with Crippen LogP contribution in [0.5, 0.6) is 11.5 Å². The standard InChI is InChI=1S/C19H23N3O7S/c1-5-17(21(30(4,26)27)13-7-6-8-15(11-13)28-2)19(23)20-16-12-14(22(24)25)9-10-18(16)29-3/h6-12,17H,5H2,1-4H3,(H,20,23). The summed E-state index contributed by atoms with van der Waals surface area (Å²) in [5.41, 5.74) is 0.0750. The molecule has 0 saturated heterocycles. The first kappa shape index (κ1) is 22.9. The molecule has 0 bridgehead atoms. The van der Waals surface area contributed by atoms with Gasteiger partial charge in [-0.05, 0) is 24.6 Å². The Morgan fingerprint density at radius 2 is 1.90 bits per heavy atom. The molecular formula is C19H23N3O7S. The molecule has 1 amide bonds. The number of amides is 1. The fourth-order valence-electron chi connectivity index (χ4n) is 2.93. The Bertz CT molecular complexity index is 1040. The van der Waals surface area contributed by atoms with Gasteiger partial charge in [-0.2, -0.15) is 0 Å². The van der Waals surface area contributed by atoms with Crippen molar-refractivity contribution in [3.05, 3.63) is 52.6 Å². The zero-order valence-electron chi connectivity index (χ0n) is 17.0. The van der Waals surface area contributed by atoms with Gasteiger partial charge in [0, 0.05) is 18.2 Å². The van der Waals surface area contributed by atoms with Gasteiger partial charge >= 0.3 is 0 Å². The smallest absolute Gasteiger partial charge is 0.271 e. The van der Waals surface area contributed by atoms with Crippen molar-refractivity contribution < 1.29 is 27.6 Å². The topological polar surface area (TPSA) is 128 Å². The second kappa shape index (κ2) is 9.44. The van der Waals surface area contributed by atoms with Gasteiger partial charge in [0.2, 0.25) is 15.9 Å². The summed E-state index contributed by atoms with van der Waals surface area (Å²) in [5, 5.41) is 13.6.